The monoisotopic (exact) mass is 370 g/mol. The standard InChI is InChI=1S/C22H18N4O2/c23-21(28)19(14-5-2-1-3-6-14)11-15-13-24-22-18(15)9-10-20(26-22)25-16-7-4-8-17(27)12-16/h1-13,27H,(H2,23,28)(H2,24,25,26)/b19-11+. The molecule has 0 aliphatic rings. The number of aromatic nitrogens is 2. The number of amides is 1. The first-order valence-corrected chi connectivity index (χ1v) is 8.71. The predicted octanol–water partition coefficient (Wildman–Crippen LogP) is 4.04. The molecule has 28 heavy (non-hydrogen) atoms. The van der Waals surface area contributed by atoms with E-state index in [0.29, 0.717) is 17.0 Å². The number of phenols is 1. The highest BCUT2D eigenvalue weighted by Gasteiger charge is 2.11. The molecule has 2 heterocycles. The highest BCUT2D eigenvalue weighted by atomic mass is 16.3. The molecule has 4 rings (SSSR count). The van der Waals surface area contributed by atoms with E-state index in [1.54, 1.807) is 30.5 Å². The number of nitrogens with zero attached hydrogens (tertiary/aromatic N) is 1. The van der Waals surface area contributed by atoms with Crippen LogP contribution < -0.4 is 11.1 Å². The van der Waals surface area contributed by atoms with E-state index in [1.807, 2.05) is 48.5 Å². The topological polar surface area (TPSA) is 104 Å². The Morgan fingerprint density at radius 2 is 1.89 bits per heavy atom. The summed E-state index contributed by atoms with van der Waals surface area (Å²) in [7, 11) is 0. The zero-order chi connectivity index (χ0) is 19.5. The molecule has 0 saturated carbocycles. The van der Waals surface area contributed by atoms with E-state index in [2.05, 4.69) is 15.3 Å². The van der Waals surface area contributed by atoms with Crippen LogP contribution >= 0.6 is 0 Å². The van der Waals surface area contributed by atoms with E-state index in [9.17, 15) is 9.90 Å². The molecule has 5 N–H and O–H groups in total. The minimum absolute atomic E-state index is 0.179. The Bertz CT molecular complexity index is 1180. The van der Waals surface area contributed by atoms with Crippen molar-refractivity contribution < 1.29 is 9.90 Å². The number of phenolic OH excluding ortho intramolecular Hbond substituents is 1. The largest absolute Gasteiger partial charge is 0.508 e. The summed E-state index contributed by atoms with van der Waals surface area (Å²) in [5, 5.41) is 13.6. The van der Waals surface area contributed by atoms with Gasteiger partial charge in [-0.3, -0.25) is 4.79 Å². The molecule has 6 nitrogen and oxygen atoms in total. The fourth-order valence-electron chi connectivity index (χ4n) is 3.02. The van der Waals surface area contributed by atoms with Crippen LogP contribution in [0.3, 0.4) is 0 Å². The smallest absolute Gasteiger partial charge is 0.249 e. The zero-order valence-corrected chi connectivity index (χ0v) is 14.9. The molecule has 0 fully saturated rings. The zero-order valence-electron chi connectivity index (χ0n) is 14.9. The lowest BCUT2D eigenvalue weighted by atomic mass is 10.0. The van der Waals surface area contributed by atoms with Gasteiger partial charge in [0.1, 0.15) is 17.2 Å². The number of carbonyl (C=O) groups is 1. The molecule has 0 unspecified atom stereocenters. The molecule has 2 aromatic carbocycles. The average molecular weight is 370 g/mol. The van der Waals surface area contributed by atoms with E-state index in [-0.39, 0.29) is 5.75 Å². The number of aromatic amines is 1. The lowest BCUT2D eigenvalue weighted by Gasteiger charge is -2.06. The molecule has 2 aromatic heterocycles. The van der Waals surface area contributed by atoms with Gasteiger partial charge in [-0.25, -0.2) is 4.98 Å². The SMILES string of the molecule is NC(=O)/C(=C/c1c[nH]c2nc(Nc3cccc(O)c3)ccc12)c1ccccc1. The number of fused-ring (bicyclic) bond motifs is 1. The molecule has 0 spiro atoms. The third kappa shape index (κ3) is 3.57. The molecule has 138 valence electrons. The minimum atomic E-state index is -0.490. The van der Waals surface area contributed by atoms with E-state index in [1.165, 1.54) is 0 Å². The number of aromatic hydroxyl groups is 1. The third-order valence-electron chi connectivity index (χ3n) is 4.34. The molecule has 0 aliphatic heterocycles. The van der Waals surface area contributed by atoms with Crippen LogP contribution in [0, 0.1) is 0 Å². The van der Waals surface area contributed by atoms with Crippen LogP contribution in [0.25, 0.3) is 22.7 Å². The number of pyridine rings is 1. The molecule has 4 aromatic rings. The molecule has 0 aliphatic carbocycles. The summed E-state index contributed by atoms with van der Waals surface area (Å²) >= 11 is 0. The first-order chi connectivity index (χ1) is 13.6. The van der Waals surface area contributed by atoms with Crippen LogP contribution in [0.15, 0.2) is 72.9 Å². The number of anilines is 2. The quantitative estimate of drug-likeness (QED) is 0.398. The maximum atomic E-state index is 11.9. The van der Waals surface area contributed by atoms with E-state index in [0.717, 1.165) is 22.2 Å². The van der Waals surface area contributed by atoms with Crippen LogP contribution in [0.1, 0.15) is 11.1 Å². The first-order valence-electron chi connectivity index (χ1n) is 8.71. The maximum Gasteiger partial charge on any atom is 0.249 e. The second-order valence-electron chi connectivity index (χ2n) is 6.30. The van der Waals surface area contributed by atoms with Crippen molar-refractivity contribution >= 4 is 40.1 Å². The number of H-pyrrole nitrogens is 1. The van der Waals surface area contributed by atoms with Crippen molar-refractivity contribution in [2.75, 3.05) is 5.32 Å². The summed E-state index contributed by atoms with van der Waals surface area (Å²) in [6.07, 6.45) is 3.56. The minimum Gasteiger partial charge on any atom is -0.508 e. The molecular formula is C22H18N4O2. The molecular weight excluding hydrogens is 352 g/mol. The molecule has 0 saturated heterocycles. The van der Waals surface area contributed by atoms with Crippen molar-refractivity contribution in [3.05, 3.63) is 84.1 Å². The fourth-order valence-corrected chi connectivity index (χ4v) is 3.02. The summed E-state index contributed by atoms with van der Waals surface area (Å²) in [6, 6.07) is 19.9. The summed E-state index contributed by atoms with van der Waals surface area (Å²) in [5.74, 6) is 0.322. The van der Waals surface area contributed by atoms with Crippen molar-refractivity contribution in [3.8, 4) is 5.75 Å². The van der Waals surface area contributed by atoms with Gasteiger partial charge in [-0.15, -0.1) is 0 Å². The van der Waals surface area contributed by atoms with Crippen molar-refractivity contribution in [2.45, 2.75) is 0 Å². The summed E-state index contributed by atoms with van der Waals surface area (Å²) in [4.78, 5) is 19.6. The summed E-state index contributed by atoms with van der Waals surface area (Å²) in [5.41, 5.74) is 9.02. The van der Waals surface area contributed by atoms with Gasteiger partial charge >= 0.3 is 0 Å². The van der Waals surface area contributed by atoms with Gasteiger partial charge in [0.15, 0.2) is 0 Å². The van der Waals surface area contributed by atoms with Gasteiger partial charge in [0, 0.05) is 34.5 Å². The Balaban J connectivity index is 1.69. The Hall–Kier alpha value is -4.06. The number of hydrogen-bond acceptors (Lipinski definition) is 4. The fraction of sp³-hybridized carbons (Fsp3) is 0. The van der Waals surface area contributed by atoms with E-state index < -0.39 is 5.91 Å². The second kappa shape index (κ2) is 7.28. The van der Waals surface area contributed by atoms with Gasteiger partial charge in [0.2, 0.25) is 5.91 Å². The first kappa shape index (κ1) is 17.4. The lowest BCUT2D eigenvalue weighted by molar-refractivity contribution is -0.112. The Morgan fingerprint density at radius 1 is 1.07 bits per heavy atom. The molecule has 1 amide bonds. The van der Waals surface area contributed by atoms with Crippen LogP contribution in [-0.4, -0.2) is 21.0 Å². The van der Waals surface area contributed by atoms with Gasteiger partial charge in [0.05, 0.1) is 0 Å². The highest BCUT2D eigenvalue weighted by molar-refractivity contribution is 6.24. The predicted molar refractivity (Wildman–Crippen MR) is 111 cm³/mol. The van der Waals surface area contributed by atoms with Crippen molar-refractivity contribution in [1.82, 2.24) is 9.97 Å². The van der Waals surface area contributed by atoms with Crippen molar-refractivity contribution in [2.24, 2.45) is 5.73 Å². The maximum absolute atomic E-state index is 11.9. The van der Waals surface area contributed by atoms with Gasteiger partial charge in [-0.2, -0.15) is 0 Å². The highest BCUT2D eigenvalue weighted by Crippen LogP contribution is 2.26. The lowest BCUT2D eigenvalue weighted by Crippen LogP contribution is -2.12. The Kier molecular flexibility index (Phi) is 4.51. The molecule has 0 bridgehead atoms. The third-order valence-corrected chi connectivity index (χ3v) is 4.34. The summed E-state index contributed by atoms with van der Waals surface area (Å²) in [6.45, 7) is 0. The molecule has 0 radical (unpaired) electrons. The number of benzene rings is 2. The summed E-state index contributed by atoms with van der Waals surface area (Å²) < 4.78 is 0. The number of nitrogens with one attached hydrogen (secondary N) is 2. The van der Waals surface area contributed by atoms with Gasteiger partial charge in [0.25, 0.3) is 0 Å². The second-order valence-corrected chi connectivity index (χ2v) is 6.30. The van der Waals surface area contributed by atoms with Gasteiger partial charge in [-0.05, 0) is 35.9 Å². The van der Waals surface area contributed by atoms with Gasteiger partial charge < -0.3 is 21.1 Å². The van der Waals surface area contributed by atoms with E-state index in [4.69, 9.17) is 5.73 Å². The van der Waals surface area contributed by atoms with Crippen LogP contribution in [-0.2, 0) is 4.79 Å². The van der Waals surface area contributed by atoms with Crippen LogP contribution in [0.5, 0.6) is 5.75 Å². The number of primary amides is 1. The number of hydrogen-bond donors (Lipinski definition) is 4. The average Bonchev–Trinajstić information content (AvgIpc) is 3.08. The number of nitrogens with two attached hydrogens (primary N) is 1. The molecule has 0 atom stereocenters. The van der Waals surface area contributed by atoms with Crippen LogP contribution in [0.2, 0.25) is 0 Å². The van der Waals surface area contributed by atoms with Crippen LogP contribution in [0.4, 0.5) is 11.5 Å². The van der Waals surface area contributed by atoms with Crippen molar-refractivity contribution in [1.29, 1.82) is 0 Å². The van der Waals surface area contributed by atoms with Crippen molar-refractivity contribution in [3.63, 3.8) is 0 Å². The Labute approximate surface area is 161 Å². The normalized spacial score (nSPS) is 11.5. The van der Waals surface area contributed by atoms with Gasteiger partial charge in [-0.1, -0.05) is 36.4 Å². The number of rotatable bonds is 5. The molecule has 6 heteroatoms. The Morgan fingerprint density at radius 3 is 2.64 bits per heavy atom. The number of carbonyl (C=O) groups excluding carboxylic acids is 1. The van der Waals surface area contributed by atoms with E-state index >= 15 is 0 Å².